The Bertz CT molecular complexity index is 281. The highest BCUT2D eigenvalue weighted by Crippen LogP contribution is 2.28. The van der Waals surface area contributed by atoms with Crippen molar-refractivity contribution in [3.8, 4) is 0 Å². The van der Waals surface area contributed by atoms with Gasteiger partial charge in [-0.1, -0.05) is 13.8 Å². The summed E-state index contributed by atoms with van der Waals surface area (Å²) in [6, 6.07) is -0.781. The first-order valence-electron chi connectivity index (χ1n) is 5.14. The van der Waals surface area contributed by atoms with Crippen molar-refractivity contribution in [1.29, 1.82) is 0 Å². The number of hydrogen-bond donors (Lipinski definition) is 2. The van der Waals surface area contributed by atoms with Crippen molar-refractivity contribution < 1.29 is 9.59 Å². The fourth-order valence-electron chi connectivity index (χ4n) is 1.84. The van der Waals surface area contributed by atoms with Crippen LogP contribution in [0.2, 0.25) is 0 Å². The summed E-state index contributed by atoms with van der Waals surface area (Å²) in [6.45, 7) is 5.65. The first kappa shape index (κ1) is 15.2. The van der Waals surface area contributed by atoms with Gasteiger partial charge in [-0.25, -0.2) is 0 Å². The second-order valence-corrected chi connectivity index (χ2v) is 4.95. The smallest absolute Gasteiger partial charge is 0.240 e. The summed E-state index contributed by atoms with van der Waals surface area (Å²) in [7, 11) is 0. The van der Waals surface area contributed by atoms with E-state index in [1.54, 1.807) is 4.90 Å². The van der Waals surface area contributed by atoms with Crippen LogP contribution in [0.25, 0.3) is 0 Å². The monoisotopic (exact) mass is 249 g/mol. The SMILES string of the molecule is CC1(C)CCN(C(=O)C(N)CC(N)=O)C1.Cl. The minimum atomic E-state index is -0.781. The van der Waals surface area contributed by atoms with Gasteiger partial charge in [-0.05, 0) is 11.8 Å². The van der Waals surface area contributed by atoms with Gasteiger partial charge in [0.15, 0.2) is 0 Å². The Hall–Kier alpha value is -0.810. The van der Waals surface area contributed by atoms with Crippen LogP contribution in [0.15, 0.2) is 0 Å². The maximum absolute atomic E-state index is 11.8. The van der Waals surface area contributed by atoms with Gasteiger partial charge in [0.2, 0.25) is 11.8 Å². The molecule has 4 N–H and O–H groups in total. The molecule has 16 heavy (non-hydrogen) atoms. The molecule has 6 heteroatoms. The molecule has 1 fully saturated rings. The van der Waals surface area contributed by atoms with Gasteiger partial charge in [-0.3, -0.25) is 9.59 Å². The number of halogens is 1. The molecule has 1 saturated heterocycles. The summed E-state index contributed by atoms with van der Waals surface area (Å²) in [5, 5.41) is 0. The summed E-state index contributed by atoms with van der Waals surface area (Å²) in [6.07, 6.45) is 0.901. The number of amides is 2. The van der Waals surface area contributed by atoms with Gasteiger partial charge in [0, 0.05) is 13.1 Å². The van der Waals surface area contributed by atoms with Gasteiger partial charge in [0.1, 0.15) is 0 Å². The summed E-state index contributed by atoms with van der Waals surface area (Å²) < 4.78 is 0. The van der Waals surface area contributed by atoms with Crippen molar-refractivity contribution in [2.75, 3.05) is 13.1 Å². The molecule has 0 spiro atoms. The van der Waals surface area contributed by atoms with E-state index in [9.17, 15) is 9.59 Å². The minimum absolute atomic E-state index is 0. The van der Waals surface area contributed by atoms with Gasteiger partial charge < -0.3 is 16.4 Å². The highest BCUT2D eigenvalue weighted by atomic mass is 35.5. The van der Waals surface area contributed by atoms with E-state index in [4.69, 9.17) is 11.5 Å². The van der Waals surface area contributed by atoms with Crippen LogP contribution in [0.3, 0.4) is 0 Å². The van der Waals surface area contributed by atoms with E-state index in [1.165, 1.54) is 0 Å². The Morgan fingerprint density at radius 1 is 1.44 bits per heavy atom. The maximum atomic E-state index is 11.8. The molecule has 1 aliphatic rings. The molecule has 0 aromatic carbocycles. The zero-order valence-corrected chi connectivity index (χ0v) is 10.5. The topological polar surface area (TPSA) is 89.4 Å². The molecule has 0 saturated carbocycles. The third-order valence-electron chi connectivity index (χ3n) is 2.73. The first-order valence-corrected chi connectivity index (χ1v) is 5.14. The number of carbonyl (C=O) groups excluding carboxylic acids is 2. The van der Waals surface area contributed by atoms with Crippen LogP contribution in [-0.4, -0.2) is 35.8 Å². The first-order chi connectivity index (χ1) is 6.82. The number of nitrogens with zero attached hydrogens (tertiary/aromatic N) is 1. The quantitative estimate of drug-likeness (QED) is 0.730. The Morgan fingerprint density at radius 3 is 2.38 bits per heavy atom. The molecule has 1 unspecified atom stereocenters. The molecule has 2 amide bonds. The summed E-state index contributed by atoms with van der Waals surface area (Å²) >= 11 is 0. The molecular formula is C10H20ClN3O2. The van der Waals surface area contributed by atoms with Crippen LogP contribution in [-0.2, 0) is 9.59 Å². The lowest BCUT2D eigenvalue weighted by Gasteiger charge is -2.22. The molecule has 0 aliphatic carbocycles. The van der Waals surface area contributed by atoms with E-state index in [0.29, 0.717) is 6.54 Å². The van der Waals surface area contributed by atoms with Crippen LogP contribution >= 0.6 is 12.4 Å². The molecule has 0 radical (unpaired) electrons. The van der Waals surface area contributed by atoms with Gasteiger partial charge in [0.05, 0.1) is 12.5 Å². The van der Waals surface area contributed by atoms with E-state index < -0.39 is 11.9 Å². The van der Waals surface area contributed by atoms with E-state index in [1.807, 2.05) is 0 Å². The van der Waals surface area contributed by atoms with Crippen LogP contribution < -0.4 is 11.5 Å². The van der Waals surface area contributed by atoms with Crippen molar-refractivity contribution in [2.24, 2.45) is 16.9 Å². The van der Waals surface area contributed by atoms with Crippen LogP contribution in [0.1, 0.15) is 26.7 Å². The molecule has 94 valence electrons. The third-order valence-corrected chi connectivity index (χ3v) is 2.73. The largest absolute Gasteiger partial charge is 0.370 e. The lowest BCUT2D eigenvalue weighted by molar-refractivity contribution is -0.134. The lowest BCUT2D eigenvalue weighted by atomic mass is 9.93. The molecule has 0 aromatic rings. The average Bonchev–Trinajstić information content (AvgIpc) is 2.43. The molecular weight excluding hydrogens is 230 g/mol. The maximum Gasteiger partial charge on any atom is 0.240 e. The number of carbonyl (C=O) groups is 2. The van der Waals surface area contributed by atoms with Crippen molar-refractivity contribution in [1.82, 2.24) is 4.90 Å². The van der Waals surface area contributed by atoms with Gasteiger partial charge in [0.25, 0.3) is 0 Å². The van der Waals surface area contributed by atoms with Gasteiger partial charge >= 0.3 is 0 Å². The Morgan fingerprint density at radius 2 is 2.00 bits per heavy atom. The summed E-state index contributed by atoms with van der Waals surface area (Å²) in [5.74, 6) is -0.700. The second kappa shape index (κ2) is 5.50. The standard InChI is InChI=1S/C10H19N3O2.ClH/c1-10(2)3-4-13(6-10)9(15)7(11)5-8(12)14;/h7H,3-6,11H2,1-2H3,(H2,12,14);1H. The number of primary amides is 1. The Balaban J connectivity index is 0.00000225. The molecule has 1 aliphatic heterocycles. The van der Waals surface area contributed by atoms with Crippen molar-refractivity contribution in [3.05, 3.63) is 0 Å². The van der Waals surface area contributed by atoms with Crippen LogP contribution in [0.5, 0.6) is 0 Å². The number of likely N-dealkylation sites (tertiary alicyclic amines) is 1. The van der Waals surface area contributed by atoms with Crippen LogP contribution in [0.4, 0.5) is 0 Å². The zero-order chi connectivity index (χ0) is 11.6. The van der Waals surface area contributed by atoms with E-state index >= 15 is 0 Å². The van der Waals surface area contributed by atoms with Crippen molar-refractivity contribution in [3.63, 3.8) is 0 Å². The van der Waals surface area contributed by atoms with E-state index in [2.05, 4.69) is 13.8 Å². The molecule has 1 heterocycles. The van der Waals surface area contributed by atoms with E-state index in [-0.39, 0.29) is 30.2 Å². The number of nitrogens with two attached hydrogens (primary N) is 2. The number of rotatable bonds is 3. The second-order valence-electron chi connectivity index (χ2n) is 4.95. The number of hydrogen-bond acceptors (Lipinski definition) is 3. The normalized spacial score (nSPS) is 20.1. The molecule has 0 aromatic heterocycles. The van der Waals surface area contributed by atoms with Gasteiger partial charge in [-0.2, -0.15) is 0 Å². The minimum Gasteiger partial charge on any atom is -0.370 e. The molecule has 5 nitrogen and oxygen atoms in total. The third kappa shape index (κ3) is 3.98. The van der Waals surface area contributed by atoms with Crippen molar-refractivity contribution in [2.45, 2.75) is 32.7 Å². The molecule has 1 rings (SSSR count). The highest BCUT2D eigenvalue weighted by molar-refractivity contribution is 5.87. The molecule has 0 bridgehead atoms. The fourth-order valence-corrected chi connectivity index (χ4v) is 1.84. The van der Waals surface area contributed by atoms with E-state index in [0.717, 1.165) is 13.0 Å². The molecule has 1 atom stereocenters. The Labute approximate surface area is 102 Å². The fraction of sp³-hybridized carbons (Fsp3) is 0.800. The van der Waals surface area contributed by atoms with Gasteiger partial charge in [-0.15, -0.1) is 12.4 Å². The zero-order valence-electron chi connectivity index (χ0n) is 9.73. The highest BCUT2D eigenvalue weighted by Gasteiger charge is 2.34. The summed E-state index contributed by atoms with van der Waals surface area (Å²) in [5.41, 5.74) is 10.7. The van der Waals surface area contributed by atoms with Crippen molar-refractivity contribution >= 4 is 24.2 Å². The predicted octanol–water partition coefficient (Wildman–Crippen LogP) is -0.131. The lowest BCUT2D eigenvalue weighted by Crippen LogP contribution is -2.45. The predicted molar refractivity (Wildman–Crippen MR) is 64.0 cm³/mol. The van der Waals surface area contributed by atoms with Crippen LogP contribution in [0, 0.1) is 5.41 Å². The Kier molecular flexibility index (Phi) is 5.22. The average molecular weight is 250 g/mol. The summed E-state index contributed by atoms with van der Waals surface area (Å²) in [4.78, 5) is 24.1.